The monoisotopic (exact) mass is 423 g/mol. The predicted octanol–water partition coefficient (Wildman–Crippen LogP) is 1.05. The van der Waals surface area contributed by atoms with Gasteiger partial charge in [-0.05, 0) is 53.0 Å². The Balaban J connectivity index is 1.46. The van der Waals surface area contributed by atoms with Crippen molar-refractivity contribution in [3.8, 4) is 0 Å². The summed E-state index contributed by atoms with van der Waals surface area (Å²) < 4.78 is 1.20. The smallest absolute Gasteiger partial charge is 0.279 e. The van der Waals surface area contributed by atoms with Gasteiger partial charge in [-0.1, -0.05) is 18.2 Å². The van der Waals surface area contributed by atoms with Gasteiger partial charge in [-0.3, -0.25) is 4.79 Å². The van der Waals surface area contributed by atoms with Gasteiger partial charge in [-0.15, -0.1) is 11.3 Å². The highest BCUT2D eigenvalue weighted by atomic mass is 79.9. The minimum absolute atomic E-state index is 0.123. The van der Waals surface area contributed by atoms with Gasteiger partial charge in [0.15, 0.2) is 6.54 Å². The van der Waals surface area contributed by atoms with Gasteiger partial charge in [0.25, 0.3) is 5.91 Å². The van der Waals surface area contributed by atoms with Gasteiger partial charge >= 0.3 is 0 Å². The second kappa shape index (κ2) is 8.45. The summed E-state index contributed by atoms with van der Waals surface area (Å²) in [6, 6.07) is 10.4. The molecule has 0 aliphatic carbocycles. The zero-order chi connectivity index (χ0) is 17.8. The number of amides is 1. The van der Waals surface area contributed by atoms with Crippen LogP contribution in [-0.4, -0.2) is 38.6 Å². The summed E-state index contributed by atoms with van der Waals surface area (Å²) >= 11 is 5.35. The van der Waals surface area contributed by atoms with Crippen molar-refractivity contribution in [1.82, 2.24) is 0 Å². The maximum atomic E-state index is 12.4. The lowest BCUT2D eigenvalue weighted by Crippen LogP contribution is -3.28. The van der Waals surface area contributed by atoms with Gasteiger partial charge in [0, 0.05) is 5.69 Å². The number of carbonyl (C=O) groups is 1. The Kier molecular flexibility index (Phi) is 6.28. The predicted molar refractivity (Wildman–Crippen MR) is 107 cm³/mol. The summed E-state index contributed by atoms with van der Waals surface area (Å²) in [5, 5.41) is 3.11. The average molecular weight is 424 g/mol. The van der Waals surface area contributed by atoms with Gasteiger partial charge in [-0.25, -0.2) is 0 Å². The van der Waals surface area contributed by atoms with Crippen LogP contribution < -0.4 is 15.1 Å². The highest BCUT2D eigenvalue weighted by Gasteiger charge is 2.25. The van der Waals surface area contributed by atoms with Gasteiger partial charge in [-0.2, -0.15) is 0 Å². The van der Waals surface area contributed by atoms with Crippen molar-refractivity contribution in [2.45, 2.75) is 20.4 Å². The molecule has 3 N–H and O–H groups in total. The molecule has 0 saturated carbocycles. The number of nitrogens with one attached hydrogen (secondary N) is 3. The quantitative estimate of drug-likeness (QED) is 0.660. The van der Waals surface area contributed by atoms with Gasteiger partial charge in [0.2, 0.25) is 0 Å². The van der Waals surface area contributed by atoms with Crippen molar-refractivity contribution in [2.75, 3.05) is 38.0 Å². The number of hydrogen-bond acceptors (Lipinski definition) is 2. The maximum absolute atomic E-state index is 12.4. The first-order valence-corrected chi connectivity index (χ1v) is 10.4. The third-order valence-electron chi connectivity index (χ3n) is 4.87. The molecule has 0 bridgehead atoms. The van der Waals surface area contributed by atoms with Gasteiger partial charge in [0.05, 0.1) is 8.66 Å². The highest BCUT2D eigenvalue weighted by Crippen LogP contribution is 2.21. The second-order valence-corrected chi connectivity index (χ2v) is 9.42. The number of carbonyl (C=O) groups excluding carboxylic acids is 1. The van der Waals surface area contributed by atoms with Crippen molar-refractivity contribution in [3.05, 3.63) is 50.1 Å². The minimum Gasteiger partial charge on any atom is -0.321 e. The number of quaternary nitrogens is 2. The van der Waals surface area contributed by atoms with Crippen molar-refractivity contribution in [3.63, 3.8) is 0 Å². The molecule has 1 fully saturated rings. The van der Waals surface area contributed by atoms with Crippen LogP contribution in [0.15, 0.2) is 34.1 Å². The number of hydrogen-bond donors (Lipinski definition) is 3. The SMILES string of the molecule is Cc1cccc(C)c1NC(=O)C[NH+]1CC[NH+](Cc2ccc(Br)s2)CC1. The van der Waals surface area contributed by atoms with Crippen LogP contribution in [-0.2, 0) is 11.3 Å². The maximum Gasteiger partial charge on any atom is 0.279 e. The Morgan fingerprint density at radius 2 is 1.72 bits per heavy atom. The molecule has 0 atom stereocenters. The van der Waals surface area contributed by atoms with E-state index in [1.807, 2.05) is 43.4 Å². The molecule has 2 heterocycles. The fourth-order valence-electron chi connectivity index (χ4n) is 3.43. The van der Waals surface area contributed by atoms with Gasteiger partial charge in [0.1, 0.15) is 32.7 Å². The van der Waals surface area contributed by atoms with E-state index in [4.69, 9.17) is 0 Å². The lowest BCUT2D eigenvalue weighted by molar-refractivity contribution is -1.01. The summed E-state index contributed by atoms with van der Waals surface area (Å²) in [6.07, 6.45) is 0. The summed E-state index contributed by atoms with van der Waals surface area (Å²) in [5.41, 5.74) is 3.22. The van der Waals surface area contributed by atoms with Crippen LogP contribution in [0.25, 0.3) is 0 Å². The zero-order valence-corrected chi connectivity index (χ0v) is 17.2. The van der Waals surface area contributed by atoms with Crippen molar-refractivity contribution in [1.29, 1.82) is 0 Å². The standard InChI is InChI=1S/C19H24BrN3OS/c1-14-4-3-5-15(2)19(14)21-18(24)13-23-10-8-22(9-11-23)12-16-6-7-17(20)25-16/h3-7H,8-13H2,1-2H3,(H,21,24)/p+2. The fourth-order valence-corrected chi connectivity index (χ4v) is 4.98. The first-order chi connectivity index (χ1) is 12.0. The van der Waals surface area contributed by atoms with E-state index in [-0.39, 0.29) is 5.91 Å². The van der Waals surface area contributed by atoms with Crippen LogP contribution in [0.2, 0.25) is 0 Å². The lowest BCUT2D eigenvalue weighted by Gasteiger charge is -2.29. The molecular formula is C19H26BrN3OS+2. The molecule has 1 aliphatic rings. The van der Waals surface area contributed by atoms with Gasteiger partial charge < -0.3 is 15.1 Å². The first-order valence-electron chi connectivity index (χ1n) is 8.78. The fraction of sp³-hybridized carbons (Fsp3) is 0.421. The molecule has 1 amide bonds. The largest absolute Gasteiger partial charge is 0.321 e. The normalized spacial score (nSPS) is 20.4. The summed E-state index contributed by atoms with van der Waals surface area (Å²) in [6.45, 7) is 10.1. The van der Waals surface area contributed by atoms with E-state index in [9.17, 15) is 4.79 Å². The van der Waals surface area contributed by atoms with E-state index < -0.39 is 0 Å². The number of para-hydroxylation sites is 1. The lowest BCUT2D eigenvalue weighted by atomic mass is 10.1. The van der Waals surface area contributed by atoms with Crippen LogP contribution in [0.1, 0.15) is 16.0 Å². The summed E-state index contributed by atoms with van der Waals surface area (Å²) in [7, 11) is 0. The molecule has 6 heteroatoms. The van der Waals surface area contributed by atoms with Crippen LogP contribution >= 0.6 is 27.3 Å². The third-order valence-corrected chi connectivity index (χ3v) is 6.50. The van der Waals surface area contributed by atoms with E-state index in [1.54, 1.807) is 4.90 Å². The second-order valence-electron chi connectivity index (χ2n) is 6.87. The molecule has 1 aliphatic heterocycles. The first kappa shape index (κ1) is 18.6. The Hall–Kier alpha value is -1.21. The Morgan fingerprint density at radius 3 is 2.32 bits per heavy atom. The molecule has 134 valence electrons. The topological polar surface area (TPSA) is 38.0 Å². The molecule has 1 aromatic heterocycles. The van der Waals surface area contributed by atoms with E-state index in [1.165, 1.54) is 13.6 Å². The van der Waals surface area contributed by atoms with Crippen molar-refractivity contribution < 1.29 is 14.6 Å². The number of piperazine rings is 1. The molecular weight excluding hydrogens is 398 g/mol. The number of halogens is 1. The van der Waals surface area contributed by atoms with E-state index in [2.05, 4.69) is 33.4 Å². The van der Waals surface area contributed by atoms with Crippen LogP contribution in [0.3, 0.4) is 0 Å². The molecule has 1 aromatic carbocycles. The molecule has 4 nitrogen and oxygen atoms in total. The van der Waals surface area contributed by atoms with Crippen LogP contribution in [0.4, 0.5) is 5.69 Å². The van der Waals surface area contributed by atoms with Crippen molar-refractivity contribution in [2.24, 2.45) is 0 Å². The summed E-state index contributed by atoms with van der Waals surface area (Å²) in [5.74, 6) is 0.123. The Bertz CT molecular complexity index is 718. The number of benzene rings is 1. The molecule has 2 aromatic rings. The molecule has 0 spiro atoms. The Labute approximate surface area is 162 Å². The number of anilines is 1. The molecule has 25 heavy (non-hydrogen) atoms. The van der Waals surface area contributed by atoms with Crippen molar-refractivity contribution >= 4 is 38.9 Å². The summed E-state index contributed by atoms with van der Waals surface area (Å²) in [4.78, 5) is 16.9. The molecule has 3 rings (SSSR count). The van der Waals surface area contributed by atoms with E-state index in [0.29, 0.717) is 6.54 Å². The van der Waals surface area contributed by atoms with E-state index >= 15 is 0 Å². The number of rotatable bonds is 5. The third kappa shape index (κ3) is 5.14. The highest BCUT2D eigenvalue weighted by molar-refractivity contribution is 9.11. The molecule has 0 radical (unpaired) electrons. The molecule has 0 unspecified atom stereocenters. The zero-order valence-electron chi connectivity index (χ0n) is 14.8. The van der Waals surface area contributed by atoms with Crippen LogP contribution in [0, 0.1) is 13.8 Å². The molecule has 1 saturated heterocycles. The number of thiophene rings is 1. The Morgan fingerprint density at radius 1 is 1.08 bits per heavy atom. The minimum atomic E-state index is 0.123. The van der Waals surface area contributed by atoms with E-state index in [0.717, 1.165) is 49.5 Å². The average Bonchev–Trinajstić information content (AvgIpc) is 2.98. The number of aryl methyl sites for hydroxylation is 2. The van der Waals surface area contributed by atoms with Crippen LogP contribution in [0.5, 0.6) is 0 Å².